The average molecular weight is 377 g/mol. The standard InChI is InChI=1S/C13H12BrClFN3O2/c1-13(5-20-6-13)10(11-17-12(14)19-18-11)21-7-2-3-9(16)8(15)4-7/h2-4,10H,5-6H2,1H3,(H,17,18,19)/t10-/m1/s1. The Balaban J connectivity index is 1.90. The van der Waals surface area contributed by atoms with Crippen LogP contribution < -0.4 is 4.74 Å². The quantitative estimate of drug-likeness (QED) is 0.887. The Morgan fingerprint density at radius 1 is 1.52 bits per heavy atom. The smallest absolute Gasteiger partial charge is 0.217 e. The molecule has 3 rings (SSSR count). The van der Waals surface area contributed by atoms with Gasteiger partial charge in [-0.3, -0.25) is 5.10 Å². The number of benzene rings is 1. The molecule has 8 heteroatoms. The summed E-state index contributed by atoms with van der Waals surface area (Å²) in [6.45, 7) is 3.12. The summed E-state index contributed by atoms with van der Waals surface area (Å²) in [7, 11) is 0. The first-order valence-corrected chi connectivity index (χ1v) is 7.42. The van der Waals surface area contributed by atoms with Gasteiger partial charge in [-0.1, -0.05) is 18.5 Å². The van der Waals surface area contributed by atoms with Crippen LogP contribution in [0.2, 0.25) is 5.02 Å². The highest BCUT2D eigenvalue weighted by Crippen LogP contribution is 2.42. The highest BCUT2D eigenvalue weighted by atomic mass is 79.9. The minimum atomic E-state index is -0.485. The maximum absolute atomic E-state index is 13.2. The predicted molar refractivity (Wildman–Crippen MR) is 77.8 cm³/mol. The third-order valence-electron chi connectivity index (χ3n) is 3.37. The van der Waals surface area contributed by atoms with Crippen LogP contribution in [0.25, 0.3) is 0 Å². The molecule has 1 atom stereocenters. The summed E-state index contributed by atoms with van der Waals surface area (Å²) in [5.74, 6) is 0.557. The molecule has 2 aromatic rings. The summed E-state index contributed by atoms with van der Waals surface area (Å²) >= 11 is 8.99. The third-order valence-corrected chi connectivity index (χ3v) is 4.01. The first kappa shape index (κ1) is 14.7. The zero-order valence-electron chi connectivity index (χ0n) is 11.1. The Morgan fingerprint density at radius 2 is 2.29 bits per heavy atom. The molecule has 1 aromatic heterocycles. The van der Waals surface area contributed by atoms with Gasteiger partial charge in [0.05, 0.1) is 23.7 Å². The zero-order chi connectivity index (χ0) is 15.0. The van der Waals surface area contributed by atoms with Crippen LogP contribution in [0.3, 0.4) is 0 Å². The predicted octanol–water partition coefficient (Wildman–Crippen LogP) is 3.52. The molecule has 1 aliphatic heterocycles. The van der Waals surface area contributed by atoms with Crippen molar-refractivity contribution in [1.82, 2.24) is 15.2 Å². The van der Waals surface area contributed by atoms with Crippen molar-refractivity contribution >= 4 is 27.5 Å². The normalized spacial score (nSPS) is 18.1. The van der Waals surface area contributed by atoms with Crippen molar-refractivity contribution < 1.29 is 13.9 Å². The molecule has 0 aliphatic carbocycles. The number of nitrogens with one attached hydrogen (secondary N) is 1. The monoisotopic (exact) mass is 375 g/mol. The summed E-state index contributed by atoms with van der Waals surface area (Å²) in [6.07, 6.45) is -0.397. The Bertz CT molecular complexity index is 663. The fraction of sp³-hybridized carbons (Fsp3) is 0.385. The van der Waals surface area contributed by atoms with Crippen molar-refractivity contribution in [1.29, 1.82) is 0 Å². The average Bonchev–Trinajstić information content (AvgIpc) is 2.84. The van der Waals surface area contributed by atoms with E-state index in [0.717, 1.165) is 0 Å². The Morgan fingerprint density at radius 3 is 2.81 bits per heavy atom. The van der Waals surface area contributed by atoms with E-state index in [4.69, 9.17) is 21.1 Å². The molecule has 1 aromatic carbocycles. The van der Waals surface area contributed by atoms with Crippen LogP contribution in [0.5, 0.6) is 5.75 Å². The van der Waals surface area contributed by atoms with Gasteiger partial charge in [-0.25, -0.2) is 9.37 Å². The van der Waals surface area contributed by atoms with E-state index in [1.807, 2.05) is 6.92 Å². The largest absolute Gasteiger partial charge is 0.482 e. The number of aromatic amines is 1. The summed E-state index contributed by atoms with van der Waals surface area (Å²) < 4.78 is 24.9. The van der Waals surface area contributed by atoms with Crippen LogP contribution >= 0.6 is 27.5 Å². The summed E-state index contributed by atoms with van der Waals surface area (Å²) in [5, 5.41) is 6.80. The van der Waals surface area contributed by atoms with Crippen LogP contribution in [0.1, 0.15) is 18.9 Å². The van der Waals surface area contributed by atoms with Crippen molar-refractivity contribution in [2.75, 3.05) is 13.2 Å². The molecule has 1 N–H and O–H groups in total. The van der Waals surface area contributed by atoms with E-state index in [1.165, 1.54) is 18.2 Å². The maximum atomic E-state index is 13.2. The number of aromatic nitrogens is 3. The SMILES string of the molecule is CC1([C@H](Oc2ccc(F)c(Cl)c2)c2nc(Br)n[nH]2)COC1. The van der Waals surface area contributed by atoms with Crippen LogP contribution in [-0.4, -0.2) is 28.4 Å². The number of hydrogen-bond donors (Lipinski definition) is 1. The number of hydrogen-bond acceptors (Lipinski definition) is 4. The van der Waals surface area contributed by atoms with Crippen molar-refractivity contribution in [2.24, 2.45) is 5.41 Å². The molecule has 0 unspecified atom stereocenters. The topological polar surface area (TPSA) is 60.0 Å². The molecular weight excluding hydrogens is 365 g/mol. The fourth-order valence-corrected chi connectivity index (χ4v) is 2.61. The molecule has 112 valence electrons. The van der Waals surface area contributed by atoms with Gasteiger partial charge in [-0.15, -0.1) is 5.10 Å². The maximum Gasteiger partial charge on any atom is 0.217 e. The van der Waals surface area contributed by atoms with E-state index in [9.17, 15) is 4.39 Å². The molecule has 5 nitrogen and oxygen atoms in total. The highest BCUT2D eigenvalue weighted by Gasteiger charge is 2.45. The molecule has 1 fully saturated rings. The number of halogens is 3. The second-order valence-electron chi connectivity index (χ2n) is 5.21. The van der Waals surface area contributed by atoms with Crippen LogP contribution in [0.4, 0.5) is 4.39 Å². The minimum Gasteiger partial charge on any atom is -0.482 e. The van der Waals surface area contributed by atoms with Gasteiger partial charge >= 0.3 is 0 Å². The van der Waals surface area contributed by atoms with E-state index in [1.54, 1.807) is 0 Å². The lowest BCUT2D eigenvalue weighted by molar-refractivity contribution is -0.157. The number of H-pyrrole nitrogens is 1. The molecule has 1 saturated heterocycles. The molecule has 21 heavy (non-hydrogen) atoms. The molecule has 2 heterocycles. The lowest BCUT2D eigenvalue weighted by atomic mass is 9.81. The Kier molecular flexibility index (Phi) is 3.90. The molecule has 0 amide bonds. The van der Waals surface area contributed by atoms with Gasteiger partial charge in [-0.2, -0.15) is 0 Å². The van der Waals surface area contributed by atoms with Gasteiger partial charge in [0.1, 0.15) is 11.6 Å². The van der Waals surface area contributed by atoms with Crippen molar-refractivity contribution in [3.8, 4) is 5.75 Å². The number of nitrogens with zero attached hydrogens (tertiary/aromatic N) is 2. The first-order chi connectivity index (χ1) is 9.98. The molecular formula is C13H12BrClFN3O2. The number of ether oxygens (including phenoxy) is 2. The first-order valence-electron chi connectivity index (χ1n) is 6.25. The van der Waals surface area contributed by atoms with Gasteiger partial charge in [0.15, 0.2) is 11.9 Å². The molecule has 0 radical (unpaired) electrons. The van der Waals surface area contributed by atoms with Crippen LogP contribution in [-0.2, 0) is 4.74 Å². The van der Waals surface area contributed by atoms with Crippen molar-refractivity contribution in [3.63, 3.8) is 0 Å². The second kappa shape index (κ2) is 5.55. The molecule has 1 aliphatic rings. The van der Waals surface area contributed by atoms with Gasteiger partial charge in [-0.05, 0) is 28.1 Å². The highest BCUT2D eigenvalue weighted by molar-refractivity contribution is 9.10. The van der Waals surface area contributed by atoms with Gasteiger partial charge in [0.2, 0.25) is 4.73 Å². The van der Waals surface area contributed by atoms with Crippen molar-refractivity contribution in [3.05, 3.63) is 39.6 Å². The van der Waals surface area contributed by atoms with Crippen molar-refractivity contribution in [2.45, 2.75) is 13.0 Å². The summed E-state index contributed by atoms with van der Waals surface area (Å²) in [6, 6.07) is 4.24. The van der Waals surface area contributed by atoms with Crippen LogP contribution in [0, 0.1) is 11.2 Å². The Hall–Kier alpha value is -1.18. The summed E-state index contributed by atoms with van der Waals surface area (Å²) in [4.78, 5) is 4.26. The van der Waals surface area contributed by atoms with E-state index < -0.39 is 11.9 Å². The fourth-order valence-electron chi connectivity index (χ4n) is 2.16. The Labute approximate surface area is 133 Å². The van der Waals surface area contributed by atoms with Gasteiger partial charge in [0, 0.05) is 6.07 Å². The molecule has 0 spiro atoms. The van der Waals surface area contributed by atoms with E-state index in [0.29, 0.717) is 29.5 Å². The van der Waals surface area contributed by atoms with Gasteiger partial charge < -0.3 is 9.47 Å². The lowest BCUT2D eigenvalue weighted by Gasteiger charge is -2.42. The van der Waals surface area contributed by atoms with Crippen LogP contribution in [0.15, 0.2) is 22.9 Å². The zero-order valence-corrected chi connectivity index (χ0v) is 13.4. The summed E-state index contributed by atoms with van der Waals surface area (Å²) in [5.41, 5.74) is -0.236. The van der Waals surface area contributed by atoms with E-state index in [-0.39, 0.29) is 10.4 Å². The lowest BCUT2D eigenvalue weighted by Crippen LogP contribution is -2.47. The van der Waals surface area contributed by atoms with Gasteiger partial charge in [0.25, 0.3) is 0 Å². The minimum absolute atomic E-state index is 0.0139. The third kappa shape index (κ3) is 2.90. The van der Waals surface area contributed by atoms with E-state index in [2.05, 4.69) is 31.1 Å². The molecule has 0 saturated carbocycles. The van der Waals surface area contributed by atoms with E-state index >= 15 is 0 Å². The second-order valence-corrected chi connectivity index (χ2v) is 6.33. The molecule has 0 bridgehead atoms. The number of rotatable bonds is 4.